The lowest BCUT2D eigenvalue weighted by Gasteiger charge is -2.35. The van der Waals surface area contributed by atoms with Crippen molar-refractivity contribution >= 4 is 5.82 Å². The maximum atomic E-state index is 4.50. The van der Waals surface area contributed by atoms with Crippen molar-refractivity contribution in [3.63, 3.8) is 0 Å². The Balaban J connectivity index is 1.36. The first kappa shape index (κ1) is 14.6. The van der Waals surface area contributed by atoms with Gasteiger partial charge in [-0.15, -0.1) is 0 Å². The number of aromatic nitrogens is 3. The van der Waals surface area contributed by atoms with Crippen molar-refractivity contribution in [1.29, 1.82) is 0 Å². The average Bonchev–Trinajstić information content (AvgIpc) is 2.55. The molecule has 2 aromatic heterocycles. The van der Waals surface area contributed by atoms with Crippen molar-refractivity contribution in [1.82, 2.24) is 19.9 Å². The predicted molar refractivity (Wildman–Crippen MR) is 90.4 cm³/mol. The molecule has 2 aliphatic rings. The Morgan fingerprint density at radius 3 is 2.65 bits per heavy atom. The standard InChI is InChI=1S/C18H23N5/c1-4-16(5-1)17-11-18(21-14-20-17)23-9-7-22(8-10-23)13-15-3-2-6-19-12-15/h2-3,6,11-12,14,16H,1,4-5,7-10,13H2. The van der Waals surface area contributed by atoms with Crippen LogP contribution in [0, 0.1) is 0 Å². The Morgan fingerprint density at radius 1 is 1.09 bits per heavy atom. The van der Waals surface area contributed by atoms with Gasteiger partial charge in [0.2, 0.25) is 0 Å². The molecule has 0 amide bonds. The van der Waals surface area contributed by atoms with Gasteiger partial charge in [-0.1, -0.05) is 12.5 Å². The van der Waals surface area contributed by atoms with E-state index in [0.29, 0.717) is 5.92 Å². The lowest BCUT2D eigenvalue weighted by Crippen LogP contribution is -2.46. The van der Waals surface area contributed by atoms with Crippen LogP contribution < -0.4 is 4.90 Å². The second-order valence-electron chi connectivity index (χ2n) is 6.55. The van der Waals surface area contributed by atoms with E-state index in [1.165, 1.54) is 30.5 Å². The van der Waals surface area contributed by atoms with Gasteiger partial charge in [0.25, 0.3) is 0 Å². The fraction of sp³-hybridized carbons (Fsp3) is 0.500. The van der Waals surface area contributed by atoms with Crippen LogP contribution >= 0.6 is 0 Å². The molecular formula is C18H23N5. The van der Waals surface area contributed by atoms with Gasteiger partial charge < -0.3 is 4.90 Å². The van der Waals surface area contributed by atoms with Gasteiger partial charge in [0.1, 0.15) is 12.1 Å². The van der Waals surface area contributed by atoms with Crippen molar-refractivity contribution in [2.24, 2.45) is 0 Å². The lowest BCUT2D eigenvalue weighted by atomic mass is 9.83. The molecule has 4 rings (SSSR count). The van der Waals surface area contributed by atoms with Crippen molar-refractivity contribution in [3.05, 3.63) is 48.2 Å². The van der Waals surface area contributed by atoms with Crippen LogP contribution in [0.15, 0.2) is 36.9 Å². The summed E-state index contributed by atoms with van der Waals surface area (Å²) in [5.74, 6) is 1.77. The normalized spacial score (nSPS) is 19.6. The number of hydrogen-bond donors (Lipinski definition) is 0. The lowest BCUT2D eigenvalue weighted by molar-refractivity contribution is 0.249. The Labute approximate surface area is 137 Å². The van der Waals surface area contributed by atoms with Crippen molar-refractivity contribution < 1.29 is 0 Å². The zero-order valence-corrected chi connectivity index (χ0v) is 13.4. The van der Waals surface area contributed by atoms with Gasteiger partial charge in [-0.3, -0.25) is 9.88 Å². The van der Waals surface area contributed by atoms with Crippen LogP contribution in [0.1, 0.15) is 36.4 Å². The summed E-state index contributed by atoms with van der Waals surface area (Å²) in [6.45, 7) is 5.18. The molecule has 1 saturated carbocycles. The molecule has 3 heterocycles. The van der Waals surface area contributed by atoms with E-state index in [1.807, 2.05) is 18.5 Å². The molecule has 0 unspecified atom stereocenters. The molecule has 2 aromatic rings. The Kier molecular flexibility index (Phi) is 4.20. The summed E-state index contributed by atoms with van der Waals surface area (Å²) in [6.07, 6.45) is 9.45. The van der Waals surface area contributed by atoms with Crippen LogP contribution in [0.4, 0.5) is 5.82 Å². The number of piperazine rings is 1. The van der Waals surface area contributed by atoms with E-state index in [-0.39, 0.29) is 0 Å². The van der Waals surface area contributed by atoms with Gasteiger partial charge >= 0.3 is 0 Å². The highest BCUT2D eigenvalue weighted by Gasteiger charge is 2.23. The minimum atomic E-state index is 0.670. The molecule has 5 heteroatoms. The first-order chi connectivity index (χ1) is 11.4. The molecule has 0 radical (unpaired) electrons. The molecule has 5 nitrogen and oxygen atoms in total. The summed E-state index contributed by atoms with van der Waals surface area (Å²) in [6, 6.07) is 6.36. The van der Waals surface area contributed by atoms with E-state index in [0.717, 1.165) is 38.5 Å². The highest BCUT2D eigenvalue weighted by molar-refractivity contribution is 5.40. The van der Waals surface area contributed by atoms with Gasteiger partial charge in [-0.05, 0) is 24.5 Å². The molecule has 2 fully saturated rings. The summed E-state index contributed by atoms with van der Waals surface area (Å²) < 4.78 is 0. The van der Waals surface area contributed by atoms with Crippen LogP contribution in [0.25, 0.3) is 0 Å². The van der Waals surface area contributed by atoms with Crippen LogP contribution in [0.3, 0.4) is 0 Å². The zero-order valence-electron chi connectivity index (χ0n) is 13.4. The van der Waals surface area contributed by atoms with E-state index >= 15 is 0 Å². The topological polar surface area (TPSA) is 45.2 Å². The smallest absolute Gasteiger partial charge is 0.132 e. The molecule has 1 saturated heterocycles. The predicted octanol–water partition coefficient (Wildman–Crippen LogP) is 2.46. The summed E-state index contributed by atoms with van der Waals surface area (Å²) in [5, 5.41) is 0. The Morgan fingerprint density at radius 2 is 1.96 bits per heavy atom. The number of pyridine rings is 1. The third kappa shape index (κ3) is 3.34. The van der Waals surface area contributed by atoms with Crippen LogP contribution in [0.5, 0.6) is 0 Å². The summed E-state index contributed by atoms with van der Waals surface area (Å²) in [7, 11) is 0. The summed E-state index contributed by atoms with van der Waals surface area (Å²) >= 11 is 0. The molecule has 0 aromatic carbocycles. The fourth-order valence-corrected chi connectivity index (χ4v) is 3.35. The highest BCUT2D eigenvalue weighted by atomic mass is 15.3. The second kappa shape index (κ2) is 6.62. The molecule has 1 aliphatic heterocycles. The maximum Gasteiger partial charge on any atom is 0.132 e. The van der Waals surface area contributed by atoms with Crippen molar-refractivity contribution in [2.45, 2.75) is 31.7 Å². The molecule has 120 valence electrons. The fourth-order valence-electron chi connectivity index (χ4n) is 3.35. The zero-order chi connectivity index (χ0) is 15.5. The largest absolute Gasteiger partial charge is 0.354 e. The minimum absolute atomic E-state index is 0.670. The van der Waals surface area contributed by atoms with E-state index in [9.17, 15) is 0 Å². The van der Waals surface area contributed by atoms with Gasteiger partial charge in [0, 0.05) is 62.8 Å². The molecular weight excluding hydrogens is 286 g/mol. The van der Waals surface area contributed by atoms with Gasteiger partial charge in [-0.25, -0.2) is 9.97 Å². The van der Waals surface area contributed by atoms with E-state index in [1.54, 1.807) is 6.33 Å². The third-order valence-electron chi connectivity index (χ3n) is 5.02. The number of rotatable bonds is 4. The van der Waals surface area contributed by atoms with Gasteiger partial charge in [0.05, 0.1) is 0 Å². The monoisotopic (exact) mass is 309 g/mol. The summed E-state index contributed by atoms with van der Waals surface area (Å²) in [5.41, 5.74) is 2.52. The quantitative estimate of drug-likeness (QED) is 0.868. The van der Waals surface area contributed by atoms with Crippen LogP contribution in [-0.2, 0) is 6.54 Å². The third-order valence-corrected chi connectivity index (χ3v) is 5.02. The number of nitrogens with zero attached hydrogens (tertiary/aromatic N) is 5. The SMILES string of the molecule is c1cncc(CN2CCN(c3cc(C4CCC4)ncn3)CC2)c1. The Hall–Kier alpha value is -2.01. The van der Waals surface area contributed by atoms with Gasteiger partial charge in [-0.2, -0.15) is 0 Å². The first-order valence-corrected chi connectivity index (χ1v) is 8.56. The van der Waals surface area contributed by atoms with Crippen molar-refractivity contribution in [2.75, 3.05) is 31.1 Å². The molecule has 0 bridgehead atoms. The first-order valence-electron chi connectivity index (χ1n) is 8.56. The highest BCUT2D eigenvalue weighted by Crippen LogP contribution is 2.35. The Bertz CT molecular complexity index is 633. The van der Waals surface area contributed by atoms with Gasteiger partial charge in [0.15, 0.2) is 0 Å². The molecule has 0 spiro atoms. The average molecular weight is 309 g/mol. The van der Waals surface area contributed by atoms with E-state index in [2.05, 4.69) is 36.9 Å². The van der Waals surface area contributed by atoms with Crippen LogP contribution in [0.2, 0.25) is 0 Å². The molecule has 0 N–H and O–H groups in total. The second-order valence-corrected chi connectivity index (χ2v) is 6.55. The molecule has 23 heavy (non-hydrogen) atoms. The number of hydrogen-bond acceptors (Lipinski definition) is 5. The maximum absolute atomic E-state index is 4.50. The summed E-state index contributed by atoms with van der Waals surface area (Å²) in [4.78, 5) is 18.0. The minimum Gasteiger partial charge on any atom is -0.354 e. The van der Waals surface area contributed by atoms with Crippen LogP contribution in [-0.4, -0.2) is 46.0 Å². The molecule has 1 aliphatic carbocycles. The molecule has 0 atom stereocenters. The number of anilines is 1. The van der Waals surface area contributed by atoms with E-state index in [4.69, 9.17) is 0 Å². The van der Waals surface area contributed by atoms with E-state index < -0.39 is 0 Å². The van der Waals surface area contributed by atoms with Crippen molar-refractivity contribution in [3.8, 4) is 0 Å².